The maximum atomic E-state index is 14.0. The van der Waals surface area contributed by atoms with E-state index in [4.69, 9.17) is 9.84 Å². The molecule has 1 N–H and O–H groups in total. The topological polar surface area (TPSA) is 75.5 Å². The van der Waals surface area contributed by atoms with E-state index in [0.29, 0.717) is 37.7 Å². The summed E-state index contributed by atoms with van der Waals surface area (Å²) in [5.74, 6) is -1.02. The van der Waals surface area contributed by atoms with Crippen LogP contribution < -0.4 is 4.90 Å². The van der Waals surface area contributed by atoms with Crippen molar-refractivity contribution < 1.29 is 19.0 Å². The average Bonchev–Trinajstić information content (AvgIpc) is 2.56. The Morgan fingerprint density at radius 3 is 2.82 bits per heavy atom. The first kappa shape index (κ1) is 14.4. The minimum absolute atomic E-state index is 0.137. The van der Waals surface area contributed by atoms with E-state index in [-0.39, 0.29) is 11.4 Å². The van der Waals surface area contributed by atoms with Crippen LogP contribution in [0, 0.1) is 5.82 Å². The summed E-state index contributed by atoms with van der Waals surface area (Å²) < 4.78 is 19.2. The van der Waals surface area contributed by atoms with Crippen molar-refractivity contribution in [2.75, 3.05) is 31.2 Å². The smallest absolute Gasteiger partial charge is 0.335 e. The van der Waals surface area contributed by atoms with Crippen LogP contribution in [0.5, 0.6) is 0 Å². The Hall–Kier alpha value is -2.54. The van der Waals surface area contributed by atoms with E-state index in [1.165, 1.54) is 12.1 Å². The van der Waals surface area contributed by atoms with E-state index in [2.05, 4.69) is 9.97 Å². The van der Waals surface area contributed by atoms with Crippen LogP contribution in [0.1, 0.15) is 10.4 Å². The van der Waals surface area contributed by atoms with Gasteiger partial charge in [-0.15, -0.1) is 0 Å². The van der Waals surface area contributed by atoms with E-state index in [1.807, 2.05) is 0 Å². The normalized spacial score (nSPS) is 14.9. The number of anilines is 1. The third kappa shape index (κ3) is 2.89. The lowest BCUT2D eigenvalue weighted by atomic mass is 10.1. The Morgan fingerprint density at radius 1 is 1.32 bits per heavy atom. The van der Waals surface area contributed by atoms with Crippen LogP contribution in [-0.4, -0.2) is 47.3 Å². The van der Waals surface area contributed by atoms with Gasteiger partial charge in [-0.1, -0.05) is 12.1 Å². The molecule has 1 aliphatic heterocycles. The molecular formula is C15H14FN3O3. The number of hydrogen-bond donors (Lipinski definition) is 1. The Kier molecular flexibility index (Phi) is 3.97. The van der Waals surface area contributed by atoms with Crippen LogP contribution in [0.3, 0.4) is 0 Å². The van der Waals surface area contributed by atoms with E-state index in [1.54, 1.807) is 17.0 Å². The van der Waals surface area contributed by atoms with E-state index in [9.17, 15) is 9.18 Å². The maximum Gasteiger partial charge on any atom is 0.335 e. The summed E-state index contributed by atoms with van der Waals surface area (Å²) >= 11 is 0. The molecule has 0 spiro atoms. The predicted molar refractivity (Wildman–Crippen MR) is 77.4 cm³/mol. The second-order valence-electron chi connectivity index (χ2n) is 4.85. The fourth-order valence-corrected chi connectivity index (χ4v) is 2.29. The summed E-state index contributed by atoms with van der Waals surface area (Å²) in [6.07, 6.45) is 1.11. The van der Waals surface area contributed by atoms with Gasteiger partial charge in [0.1, 0.15) is 0 Å². The van der Waals surface area contributed by atoms with Crippen LogP contribution in [0.4, 0.5) is 10.2 Å². The van der Waals surface area contributed by atoms with E-state index >= 15 is 0 Å². The zero-order valence-electron chi connectivity index (χ0n) is 11.7. The molecule has 2 heterocycles. The summed E-state index contributed by atoms with van der Waals surface area (Å²) in [6, 6.07) is 6.26. The summed E-state index contributed by atoms with van der Waals surface area (Å²) in [4.78, 5) is 21.1. The standard InChI is InChI=1S/C15H14FN3O3/c16-12-9-17-13(10-2-1-3-11(8-10)15(20)21)18-14(12)19-4-6-22-7-5-19/h1-3,8-9H,4-7H2,(H,20,21). The number of hydrogen-bond acceptors (Lipinski definition) is 5. The first-order valence-corrected chi connectivity index (χ1v) is 6.84. The predicted octanol–water partition coefficient (Wildman–Crippen LogP) is 1.82. The van der Waals surface area contributed by atoms with Crippen molar-refractivity contribution in [3.63, 3.8) is 0 Å². The first-order chi connectivity index (χ1) is 10.6. The van der Waals surface area contributed by atoms with Gasteiger partial charge in [-0.25, -0.2) is 19.2 Å². The van der Waals surface area contributed by atoms with Crippen LogP contribution in [-0.2, 0) is 4.74 Å². The van der Waals surface area contributed by atoms with Crippen molar-refractivity contribution in [1.82, 2.24) is 9.97 Å². The molecule has 0 amide bonds. The Balaban J connectivity index is 1.97. The summed E-state index contributed by atoms with van der Waals surface area (Å²) in [7, 11) is 0. The van der Waals surface area contributed by atoms with Crippen molar-refractivity contribution in [3.05, 3.63) is 41.8 Å². The average molecular weight is 303 g/mol. The maximum absolute atomic E-state index is 14.0. The second-order valence-corrected chi connectivity index (χ2v) is 4.85. The van der Waals surface area contributed by atoms with Crippen molar-refractivity contribution in [2.45, 2.75) is 0 Å². The summed E-state index contributed by atoms with van der Waals surface area (Å²) in [5, 5.41) is 9.04. The Morgan fingerprint density at radius 2 is 2.09 bits per heavy atom. The van der Waals surface area contributed by atoms with Gasteiger partial charge < -0.3 is 14.7 Å². The van der Waals surface area contributed by atoms with Gasteiger partial charge in [0.05, 0.1) is 25.0 Å². The number of nitrogens with zero attached hydrogens (tertiary/aromatic N) is 3. The molecule has 2 aromatic rings. The highest BCUT2D eigenvalue weighted by Crippen LogP contribution is 2.22. The van der Waals surface area contributed by atoms with Gasteiger partial charge in [0.25, 0.3) is 0 Å². The number of carboxylic acid groups (broad SMARTS) is 1. The molecule has 0 bridgehead atoms. The zero-order valence-corrected chi connectivity index (χ0v) is 11.7. The summed E-state index contributed by atoms with van der Waals surface area (Å²) in [5.41, 5.74) is 0.674. The third-order valence-corrected chi connectivity index (χ3v) is 3.40. The van der Waals surface area contributed by atoms with Crippen molar-refractivity contribution in [1.29, 1.82) is 0 Å². The molecule has 114 valence electrons. The van der Waals surface area contributed by atoms with Crippen LogP contribution >= 0.6 is 0 Å². The van der Waals surface area contributed by atoms with Gasteiger partial charge in [0, 0.05) is 18.7 Å². The molecule has 0 aliphatic carbocycles. The van der Waals surface area contributed by atoms with Crippen molar-refractivity contribution in [3.8, 4) is 11.4 Å². The number of rotatable bonds is 3. The molecule has 1 fully saturated rings. The number of carboxylic acids is 1. The molecule has 1 aromatic carbocycles. The van der Waals surface area contributed by atoms with Gasteiger partial charge in [-0.05, 0) is 12.1 Å². The van der Waals surface area contributed by atoms with Gasteiger partial charge in [0.15, 0.2) is 17.5 Å². The number of aromatic carboxylic acids is 1. The number of benzene rings is 1. The molecule has 0 saturated carbocycles. The van der Waals surface area contributed by atoms with Crippen LogP contribution in [0.25, 0.3) is 11.4 Å². The first-order valence-electron chi connectivity index (χ1n) is 6.84. The molecule has 1 aromatic heterocycles. The van der Waals surface area contributed by atoms with Crippen LogP contribution in [0.2, 0.25) is 0 Å². The summed E-state index contributed by atoms with van der Waals surface area (Å²) in [6.45, 7) is 2.16. The van der Waals surface area contributed by atoms with Crippen molar-refractivity contribution >= 4 is 11.8 Å². The lowest BCUT2D eigenvalue weighted by molar-refractivity contribution is 0.0697. The van der Waals surface area contributed by atoms with Crippen LogP contribution in [0.15, 0.2) is 30.5 Å². The number of carbonyl (C=O) groups is 1. The number of halogens is 1. The van der Waals surface area contributed by atoms with Gasteiger partial charge in [0.2, 0.25) is 0 Å². The molecule has 0 atom stereocenters. The number of ether oxygens (including phenoxy) is 1. The minimum Gasteiger partial charge on any atom is -0.478 e. The highest BCUT2D eigenvalue weighted by molar-refractivity contribution is 5.89. The highest BCUT2D eigenvalue weighted by atomic mass is 19.1. The molecule has 1 aliphatic rings. The lowest BCUT2D eigenvalue weighted by Crippen LogP contribution is -2.37. The SMILES string of the molecule is O=C(O)c1cccc(-c2ncc(F)c(N3CCOCC3)n2)c1. The molecule has 0 radical (unpaired) electrons. The van der Waals surface area contributed by atoms with Gasteiger partial charge in [-0.2, -0.15) is 0 Å². The number of morpholine rings is 1. The molecule has 7 heteroatoms. The molecule has 22 heavy (non-hydrogen) atoms. The lowest BCUT2D eigenvalue weighted by Gasteiger charge is -2.28. The van der Waals surface area contributed by atoms with E-state index < -0.39 is 11.8 Å². The fourth-order valence-electron chi connectivity index (χ4n) is 2.29. The molecule has 3 rings (SSSR count). The zero-order chi connectivity index (χ0) is 15.5. The van der Waals surface area contributed by atoms with Gasteiger partial charge >= 0.3 is 5.97 Å². The monoisotopic (exact) mass is 303 g/mol. The molecule has 6 nitrogen and oxygen atoms in total. The van der Waals surface area contributed by atoms with E-state index in [0.717, 1.165) is 6.20 Å². The third-order valence-electron chi connectivity index (χ3n) is 3.40. The minimum atomic E-state index is -1.03. The van der Waals surface area contributed by atoms with Crippen molar-refractivity contribution in [2.24, 2.45) is 0 Å². The molecule has 0 unspecified atom stereocenters. The second kappa shape index (κ2) is 6.07. The Bertz CT molecular complexity index is 702. The molecule has 1 saturated heterocycles. The molecular weight excluding hydrogens is 289 g/mol. The number of aromatic nitrogens is 2. The Labute approximate surface area is 126 Å². The highest BCUT2D eigenvalue weighted by Gasteiger charge is 2.18. The largest absolute Gasteiger partial charge is 0.478 e. The fraction of sp³-hybridized carbons (Fsp3) is 0.267. The quantitative estimate of drug-likeness (QED) is 0.932. The van der Waals surface area contributed by atoms with Gasteiger partial charge in [-0.3, -0.25) is 0 Å².